The molecule has 0 aromatic heterocycles. The smallest absolute Gasteiger partial charge is 0.337 e. The molecule has 6 N–H and O–H groups in total. The van der Waals surface area contributed by atoms with E-state index in [-0.39, 0.29) is 25.2 Å². The minimum Gasteiger partial charge on any atom is -0.463 e. The molecule has 2 heterocycles. The van der Waals surface area contributed by atoms with Crippen LogP contribution in [0, 0.1) is 5.92 Å². The van der Waals surface area contributed by atoms with Crippen LogP contribution in [0.2, 0.25) is 0 Å². The Balaban J connectivity index is 1.54. The van der Waals surface area contributed by atoms with E-state index in [4.69, 9.17) is 19.9 Å². The maximum atomic E-state index is 13.9. The number of aliphatic hydroxyl groups is 1. The van der Waals surface area contributed by atoms with Gasteiger partial charge in [-0.1, -0.05) is 62.4 Å². The second-order valence-corrected chi connectivity index (χ2v) is 14.9. The molecular formula is C37H57N5O9. The summed E-state index contributed by atoms with van der Waals surface area (Å²) in [5, 5.41) is 19.6. The minimum atomic E-state index is -1.66. The Kier molecular flexibility index (Phi) is 15.7. The highest BCUT2D eigenvalue weighted by molar-refractivity contribution is 5.93. The fourth-order valence-electron chi connectivity index (χ4n) is 6.89. The zero-order chi connectivity index (χ0) is 36.8. The number of nitrogens with one attached hydrogen (secondary N) is 3. The summed E-state index contributed by atoms with van der Waals surface area (Å²) in [5.74, 6) is -3.11. The summed E-state index contributed by atoms with van der Waals surface area (Å²) in [5.41, 5.74) is 6.00. The van der Waals surface area contributed by atoms with E-state index in [1.54, 1.807) is 13.8 Å². The van der Waals surface area contributed by atoms with E-state index in [9.17, 15) is 29.1 Å². The lowest BCUT2D eigenvalue weighted by Crippen LogP contribution is -2.59. The maximum Gasteiger partial charge on any atom is 0.337 e. The number of nitrogens with two attached hydrogens (primary N) is 1. The van der Waals surface area contributed by atoms with E-state index in [2.05, 4.69) is 20.9 Å². The van der Waals surface area contributed by atoms with E-state index in [1.807, 2.05) is 30.3 Å². The monoisotopic (exact) mass is 715 g/mol. The Morgan fingerprint density at radius 2 is 1.75 bits per heavy atom. The largest absolute Gasteiger partial charge is 0.463 e. The van der Waals surface area contributed by atoms with Crippen molar-refractivity contribution in [3.8, 4) is 0 Å². The number of morpholine rings is 1. The Labute approximate surface area is 300 Å². The van der Waals surface area contributed by atoms with E-state index in [0.29, 0.717) is 52.1 Å². The quantitative estimate of drug-likeness (QED) is 0.206. The number of hydrogen-bond donors (Lipinski definition) is 5. The highest BCUT2D eigenvalue weighted by Crippen LogP contribution is 2.28. The predicted molar refractivity (Wildman–Crippen MR) is 188 cm³/mol. The topological polar surface area (TPSA) is 199 Å². The van der Waals surface area contributed by atoms with E-state index in [0.717, 1.165) is 37.7 Å². The van der Waals surface area contributed by atoms with Crippen LogP contribution < -0.4 is 21.7 Å². The SMILES string of the molecule is CC(C)(N)CC(=O)N[C@@H](Cc1ccccc1)C(=O)N[C@H]1COC(=O)CCC[C@H](CN2CCOCC2)OC(=O)[C@H](O)[C@H](CC2CCCCC2)NC1=O. The molecule has 0 spiro atoms. The van der Waals surface area contributed by atoms with Crippen LogP contribution in [0.1, 0.15) is 83.6 Å². The molecule has 1 aromatic carbocycles. The lowest BCUT2D eigenvalue weighted by Gasteiger charge is -2.33. The molecule has 0 bridgehead atoms. The predicted octanol–water partition coefficient (Wildman–Crippen LogP) is 1.11. The fraction of sp³-hybridized carbons (Fsp3) is 0.703. The highest BCUT2D eigenvalue weighted by Gasteiger charge is 2.37. The van der Waals surface area contributed by atoms with Gasteiger partial charge in [0.05, 0.1) is 19.3 Å². The van der Waals surface area contributed by atoms with Crippen molar-refractivity contribution in [1.29, 1.82) is 0 Å². The molecule has 1 saturated carbocycles. The van der Waals surface area contributed by atoms with Crippen molar-refractivity contribution in [3.05, 3.63) is 35.9 Å². The third-order valence-corrected chi connectivity index (χ3v) is 9.61. The molecular weight excluding hydrogens is 658 g/mol. The van der Waals surface area contributed by atoms with Crippen molar-refractivity contribution in [2.45, 2.75) is 120 Å². The van der Waals surface area contributed by atoms with Gasteiger partial charge < -0.3 is 41.0 Å². The lowest BCUT2D eigenvalue weighted by molar-refractivity contribution is -0.163. The van der Waals surface area contributed by atoms with Gasteiger partial charge in [0.25, 0.3) is 0 Å². The van der Waals surface area contributed by atoms with Gasteiger partial charge in [-0.25, -0.2) is 4.79 Å². The number of benzene rings is 1. The zero-order valence-electron chi connectivity index (χ0n) is 30.1. The number of ether oxygens (including phenoxy) is 3. The molecule has 2 saturated heterocycles. The van der Waals surface area contributed by atoms with Gasteiger partial charge in [-0.2, -0.15) is 0 Å². The van der Waals surface area contributed by atoms with Crippen molar-refractivity contribution in [2.75, 3.05) is 39.5 Å². The number of esters is 2. The zero-order valence-corrected chi connectivity index (χ0v) is 30.1. The number of amides is 3. The first-order chi connectivity index (χ1) is 24.4. The Morgan fingerprint density at radius 1 is 1.04 bits per heavy atom. The Hall–Kier alpha value is -3.59. The van der Waals surface area contributed by atoms with E-state index < -0.39 is 72.1 Å². The van der Waals surface area contributed by atoms with Crippen LogP contribution in [0.5, 0.6) is 0 Å². The van der Waals surface area contributed by atoms with Crippen molar-refractivity contribution < 1.29 is 43.3 Å². The minimum absolute atomic E-state index is 0.00608. The molecule has 3 aliphatic rings. The molecule has 3 fully saturated rings. The van der Waals surface area contributed by atoms with Crippen LogP contribution in [-0.2, 0) is 44.6 Å². The Bertz CT molecular complexity index is 1290. The Morgan fingerprint density at radius 3 is 2.43 bits per heavy atom. The average molecular weight is 716 g/mol. The number of carbonyl (C=O) groups excluding carboxylic acids is 5. The van der Waals surface area contributed by atoms with Crippen molar-refractivity contribution in [3.63, 3.8) is 0 Å². The molecule has 0 radical (unpaired) electrons. The van der Waals surface area contributed by atoms with Crippen molar-refractivity contribution in [2.24, 2.45) is 11.7 Å². The number of hydrogen-bond acceptors (Lipinski definition) is 11. The summed E-state index contributed by atoms with van der Waals surface area (Å²) in [4.78, 5) is 69.2. The maximum absolute atomic E-state index is 13.9. The average Bonchev–Trinajstić information content (AvgIpc) is 3.09. The van der Waals surface area contributed by atoms with Gasteiger partial charge in [0, 0.05) is 44.4 Å². The summed E-state index contributed by atoms with van der Waals surface area (Å²) in [6.07, 6.45) is 3.79. The lowest BCUT2D eigenvalue weighted by atomic mass is 9.83. The van der Waals surface area contributed by atoms with Crippen LogP contribution in [0.15, 0.2) is 30.3 Å². The standard InChI is InChI=1S/C37H57N5O9/c1-37(2,38)22-31(43)39-29(21-26-12-7-4-8-13-26)34(46)41-30-24-50-32(44)15-9-14-27(23-42-16-18-49-19-17-42)51-36(48)33(45)28(40-35(30)47)20-25-10-5-3-6-11-25/h4,7-8,12-13,25,27-30,33,45H,3,5-6,9-11,14-24,38H2,1-2H3,(H,39,43)(H,40,47)(H,41,46)/t27-,28+,29+,30+,33-/m1/s1. The molecule has 284 valence electrons. The van der Waals surface area contributed by atoms with Gasteiger partial charge in [0.2, 0.25) is 17.7 Å². The third-order valence-electron chi connectivity index (χ3n) is 9.61. The third kappa shape index (κ3) is 14.2. The van der Waals surface area contributed by atoms with Crippen LogP contribution in [-0.4, -0.2) is 115 Å². The fourth-order valence-corrected chi connectivity index (χ4v) is 6.89. The van der Waals surface area contributed by atoms with Gasteiger partial charge >= 0.3 is 11.9 Å². The first kappa shape index (κ1) is 40.2. The van der Waals surface area contributed by atoms with Gasteiger partial charge in [-0.05, 0) is 44.6 Å². The molecule has 51 heavy (non-hydrogen) atoms. The molecule has 1 aliphatic carbocycles. The molecule has 0 unspecified atom stereocenters. The number of cyclic esters (lactones) is 2. The van der Waals surface area contributed by atoms with Crippen molar-refractivity contribution >= 4 is 29.7 Å². The van der Waals surface area contributed by atoms with Crippen LogP contribution >= 0.6 is 0 Å². The summed E-state index contributed by atoms with van der Waals surface area (Å²) >= 11 is 0. The molecule has 14 nitrogen and oxygen atoms in total. The van der Waals surface area contributed by atoms with Crippen LogP contribution in [0.4, 0.5) is 0 Å². The van der Waals surface area contributed by atoms with Crippen LogP contribution in [0.3, 0.4) is 0 Å². The number of carbonyl (C=O) groups is 5. The van der Waals surface area contributed by atoms with Gasteiger partial charge in [0.15, 0.2) is 6.10 Å². The normalized spacial score (nSPS) is 25.8. The summed E-state index contributed by atoms with van der Waals surface area (Å²) in [7, 11) is 0. The first-order valence-electron chi connectivity index (χ1n) is 18.4. The van der Waals surface area contributed by atoms with E-state index >= 15 is 0 Å². The second kappa shape index (κ2) is 19.9. The van der Waals surface area contributed by atoms with Crippen molar-refractivity contribution in [1.82, 2.24) is 20.9 Å². The first-order valence-corrected chi connectivity index (χ1v) is 18.4. The molecule has 5 atom stereocenters. The molecule has 3 amide bonds. The molecule has 14 heteroatoms. The number of rotatable bonds is 11. The summed E-state index contributed by atoms with van der Waals surface area (Å²) in [6, 6.07) is 5.62. The number of nitrogens with zero attached hydrogens (tertiary/aromatic N) is 1. The summed E-state index contributed by atoms with van der Waals surface area (Å²) in [6.45, 7) is 5.82. The number of aliphatic hydroxyl groups excluding tert-OH is 1. The second-order valence-electron chi connectivity index (χ2n) is 14.9. The van der Waals surface area contributed by atoms with Gasteiger partial charge in [0.1, 0.15) is 24.8 Å². The highest BCUT2D eigenvalue weighted by atomic mass is 16.6. The summed E-state index contributed by atoms with van der Waals surface area (Å²) < 4.78 is 16.8. The molecule has 4 rings (SSSR count). The van der Waals surface area contributed by atoms with Gasteiger partial charge in [-0.15, -0.1) is 0 Å². The van der Waals surface area contributed by atoms with Crippen LogP contribution in [0.25, 0.3) is 0 Å². The van der Waals surface area contributed by atoms with Gasteiger partial charge in [-0.3, -0.25) is 24.1 Å². The van der Waals surface area contributed by atoms with E-state index in [1.165, 1.54) is 0 Å². The molecule has 1 aromatic rings. The molecule has 2 aliphatic heterocycles.